The van der Waals surface area contributed by atoms with Crippen LogP contribution in [0.5, 0.6) is 5.75 Å². The van der Waals surface area contributed by atoms with Crippen molar-refractivity contribution in [2.24, 2.45) is 0 Å². The van der Waals surface area contributed by atoms with Crippen LogP contribution in [0.4, 0.5) is 8.78 Å². The molecule has 3 nitrogen and oxygen atoms in total. The summed E-state index contributed by atoms with van der Waals surface area (Å²) in [6, 6.07) is 9.99. The predicted octanol–water partition coefficient (Wildman–Crippen LogP) is 2.49. The van der Waals surface area contributed by atoms with Gasteiger partial charge in [-0.25, -0.2) is 8.78 Å². The number of phenols is 1. The fourth-order valence-corrected chi connectivity index (χ4v) is 1.80. The molecule has 1 unspecified atom stereocenters. The molecule has 0 aliphatic heterocycles. The zero-order valence-electron chi connectivity index (χ0n) is 10.7. The maximum absolute atomic E-state index is 13.0. The van der Waals surface area contributed by atoms with Gasteiger partial charge in [0.25, 0.3) is 0 Å². The van der Waals surface area contributed by atoms with Crippen molar-refractivity contribution < 1.29 is 19.0 Å². The Balaban J connectivity index is 1.87. The number of benzene rings is 2. The van der Waals surface area contributed by atoms with Crippen molar-refractivity contribution in [3.63, 3.8) is 0 Å². The van der Waals surface area contributed by atoms with Gasteiger partial charge in [0, 0.05) is 13.1 Å². The molecule has 0 saturated heterocycles. The number of rotatable bonds is 5. The molecule has 0 aliphatic carbocycles. The molecule has 20 heavy (non-hydrogen) atoms. The van der Waals surface area contributed by atoms with E-state index in [-0.39, 0.29) is 12.3 Å². The topological polar surface area (TPSA) is 52.5 Å². The number of phenolic OH excluding ortho intramolecular Hbond substituents is 1. The maximum atomic E-state index is 13.0. The average Bonchev–Trinajstić information content (AvgIpc) is 2.44. The molecule has 2 rings (SSSR count). The van der Waals surface area contributed by atoms with Gasteiger partial charge < -0.3 is 15.5 Å². The first kappa shape index (κ1) is 14.4. The van der Waals surface area contributed by atoms with Gasteiger partial charge in [0.15, 0.2) is 11.6 Å². The summed E-state index contributed by atoms with van der Waals surface area (Å²) in [5.74, 6) is -1.71. The van der Waals surface area contributed by atoms with E-state index in [0.717, 1.165) is 17.7 Å². The minimum atomic E-state index is -0.972. The van der Waals surface area contributed by atoms with Crippen LogP contribution in [0, 0.1) is 11.6 Å². The molecule has 2 aromatic rings. The maximum Gasteiger partial charge on any atom is 0.159 e. The van der Waals surface area contributed by atoms with Crippen LogP contribution in [-0.2, 0) is 6.54 Å². The lowest BCUT2D eigenvalue weighted by atomic mass is 10.1. The van der Waals surface area contributed by atoms with E-state index in [9.17, 15) is 13.9 Å². The van der Waals surface area contributed by atoms with Crippen LogP contribution in [0.3, 0.4) is 0 Å². The van der Waals surface area contributed by atoms with Crippen molar-refractivity contribution in [1.29, 1.82) is 0 Å². The van der Waals surface area contributed by atoms with Crippen LogP contribution in [0.1, 0.15) is 17.2 Å². The van der Waals surface area contributed by atoms with E-state index in [0.29, 0.717) is 12.1 Å². The number of aliphatic hydroxyl groups is 1. The van der Waals surface area contributed by atoms with Gasteiger partial charge in [-0.3, -0.25) is 0 Å². The van der Waals surface area contributed by atoms with E-state index in [4.69, 9.17) is 5.11 Å². The average molecular weight is 279 g/mol. The number of aliphatic hydroxyl groups excluding tert-OH is 1. The molecular weight excluding hydrogens is 264 g/mol. The number of hydrogen-bond donors (Lipinski definition) is 3. The lowest BCUT2D eigenvalue weighted by molar-refractivity contribution is 0.173. The second-order valence-electron chi connectivity index (χ2n) is 4.49. The normalized spacial score (nSPS) is 12.3. The van der Waals surface area contributed by atoms with Gasteiger partial charge in [-0.15, -0.1) is 0 Å². The molecule has 0 fully saturated rings. The van der Waals surface area contributed by atoms with Crippen LogP contribution in [0.2, 0.25) is 0 Å². The molecule has 0 aliphatic rings. The highest BCUT2D eigenvalue weighted by atomic mass is 19.2. The monoisotopic (exact) mass is 279 g/mol. The molecular formula is C15H15F2NO2. The third kappa shape index (κ3) is 3.76. The van der Waals surface area contributed by atoms with E-state index < -0.39 is 17.7 Å². The molecule has 5 heteroatoms. The molecule has 106 valence electrons. The van der Waals surface area contributed by atoms with Crippen LogP contribution >= 0.6 is 0 Å². The summed E-state index contributed by atoms with van der Waals surface area (Å²) in [6.07, 6.45) is -0.915. The Bertz CT molecular complexity index is 573. The highest BCUT2D eigenvalue weighted by molar-refractivity contribution is 5.26. The fourth-order valence-electron chi connectivity index (χ4n) is 1.80. The van der Waals surface area contributed by atoms with E-state index in [1.807, 2.05) is 0 Å². The van der Waals surface area contributed by atoms with Crippen LogP contribution in [0.25, 0.3) is 0 Å². The Morgan fingerprint density at radius 2 is 1.70 bits per heavy atom. The molecule has 0 aromatic heterocycles. The Labute approximate surface area is 115 Å². The van der Waals surface area contributed by atoms with Crippen LogP contribution < -0.4 is 5.32 Å². The van der Waals surface area contributed by atoms with Gasteiger partial charge in [-0.05, 0) is 35.4 Å². The van der Waals surface area contributed by atoms with E-state index in [1.54, 1.807) is 24.3 Å². The quantitative estimate of drug-likeness (QED) is 0.788. The second-order valence-corrected chi connectivity index (χ2v) is 4.49. The largest absolute Gasteiger partial charge is 0.508 e. The summed E-state index contributed by atoms with van der Waals surface area (Å²) in [6.45, 7) is 0.715. The van der Waals surface area contributed by atoms with Gasteiger partial charge in [0.2, 0.25) is 0 Å². The van der Waals surface area contributed by atoms with Crippen molar-refractivity contribution >= 4 is 0 Å². The number of halogens is 2. The van der Waals surface area contributed by atoms with Gasteiger partial charge in [-0.2, -0.15) is 0 Å². The number of hydrogen-bond acceptors (Lipinski definition) is 3. The number of nitrogens with one attached hydrogen (secondary N) is 1. The molecule has 1 atom stereocenters. The molecule has 2 aromatic carbocycles. The lowest BCUT2D eigenvalue weighted by Gasteiger charge is -2.12. The predicted molar refractivity (Wildman–Crippen MR) is 71.1 cm³/mol. The molecule has 0 amide bonds. The molecule has 0 heterocycles. The molecule has 0 bridgehead atoms. The Morgan fingerprint density at radius 3 is 2.35 bits per heavy atom. The summed E-state index contributed by atoms with van der Waals surface area (Å²) >= 11 is 0. The Morgan fingerprint density at radius 1 is 1.00 bits per heavy atom. The molecule has 0 saturated carbocycles. The molecule has 3 N–H and O–H groups in total. The zero-order chi connectivity index (χ0) is 14.5. The second kappa shape index (κ2) is 6.45. The molecule has 0 radical (unpaired) electrons. The highest BCUT2D eigenvalue weighted by Gasteiger charge is 2.10. The van der Waals surface area contributed by atoms with Gasteiger partial charge in [0.1, 0.15) is 5.75 Å². The Hall–Kier alpha value is -1.98. The van der Waals surface area contributed by atoms with Gasteiger partial charge in [0.05, 0.1) is 6.10 Å². The fraction of sp³-hybridized carbons (Fsp3) is 0.200. The van der Waals surface area contributed by atoms with E-state index in [1.165, 1.54) is 6.07 Å². The first-order chi connectivity index (χ1) is 9.56. The smallest absolute Gasteiger partial charge is 0.159 e. The third-order valence-corrected chi connectivity index (χ3v) is 2.93. The van der Waals surface area contributed by atoms with Crippen molar-refractivity contribution in [3.05, 3.63) is 65.2 Å². The van der Waals surface area contributed by atoms with Crippen molar-refractivity contribution in [2.45, 2.75) is 12.6 Å². The van der Waals surface area contributed by atoms with Crippen molar-refractivity contribution in [1.82, 2.24) is 5.32 Å². The third-order valence-electron chi connectivity index (χ3n) is 2.93. The van der Waals surface area contributed by atoms with Gasteiger partial charge >= 0.3 is 0 Å². The summed E-state index contributed by atoms with van der Waals surface area (Å²) in [5.41, 5.74) is 1.27. The van der Waals surface area contributed by atoms with Gasteiger partial charge in [-0.1, -0.05) is 18.2 Å². The van der Waals surface area contributed by atoms with Crippen LogP contribution in [-0.4, -0.2) is 16.8 Å². The standard InChI is InChI=1S/C15H15F2NO2/c16-13-6-3-11(7-14(13)17)15(20)9-18-8-10-1-4-12(19)5-2-10/h1-7,15,18-20H,8-9H2. The number of aromatic hydroxyl groups is 1. The SMILES string of the molecule is Oc1ccc(CNCC(O)c2ccc(F)c(F)c2)cc1. The summed E-state index contributed by atoms with van der Waals surface area (Å²) in [4.78, 5) is 0. The summed E-state index contributed by atoms with van der Waals surface area (Å²) in [7, 11) is 0. The lowest BCUT2D eigenvalue weighted by Crippen LogP contribution is -2.21. The minimum absolute atomic E-state index is 0.190. The first-order valence-electron chi connectivity index (χ1n) is 6.18. The Kier molecular flexibility index (Phi) is 4.65. The van der Waals surface area contributed by atoms with E-state index in [2.05, 4.69) is 5.32 Å². The first-order valence-corrected chi connectivity index (χ1v) is 6.18. The van der Waals surface area contributed by atoms with Crippen molar-refractivity contribution in [3.8, 4) is 5.75 Å². The van der Waals surface area contributed by atoms with Crippen molar-refractivity contribution in [2.75, 3.05) is 6.54 Å². The highest BCUT2D eigenvalue weighted by Crippen LogP contribution is 2.16. The minimum Gasteiger partial charge on any atom is -0.508 e. The van der Waals surface area contributed by atoms with E-state index >= 15 is 0 Å². The van der Waals surface area contributed by atoms with Crippen LogP contribution in [0.15, 0.2) is 42.5 Å². The zero-order valence-corrected chi connectivity index (χ0v) is 10.7. The molecule has 0 spiro atoms. The summed E-state index contributed by atoms with van der Waals surface area (Å²) < 4.78 is 25.8. The summed E-state index contributed by atoms with van der Waals surface area (Å²) in [5, 5.41) is 22.0.